The highest BCUT2D eigenvalue weighted by Gasteiger charge is 2.39. The molecule has 1 fully saturated rings. The Kier molecular flexibility index (Phi) is 3.91. The topological polar surface area (TPSA) is 63.7 Å². The van der Waals surface area contributed by atoms with Crippen molar-refractivity contribution in [3.8, 4) is 0 Å². The predicted octanol–water partition coefficient (Wildman–Crippen LogP) is 1.32. The molecule has 0 saturated carbocycles. The predicted molar refractivity (Wildman–Crippen MR) is 70.1 cm³/mol. The largest absolute Gasteiger partial charge is 0.468 e. The summed E-state index contributed by atoms with van der Waals surface area (Å²) in [7, 11) is -2.35. The Bertz CT molecular complexity index is 565. The molecule has 0 N–H and O–H groups in total. The SMILES string of the molecule is COC(=O)C1CCCN1S(=O)(=O)c1ccc(C)cc1. The van der Waals surface area contributed by atoms with E-state index < -0.39 is 22.0 Å². The number of benzene rings is 1. The van der Waals surface area contributed by atoms with Gasteiger partial charge in [-0.1, -0.05) is 17.7 Å². The molecule has 0 bridgehead atoms. The molecule has 5 nitrogen and oxygen atoms in total. The van der Waals surface area contributed by atoms with Crippen LogP contribution in [0.5, 0.6) is 0 Å². The molecule has 2 rings (SSSR count). The summed E-state index contributed by atoms with van der Waals surface area (Å²) in [6.45, 7) is 2.25. The average Bonchev–Trinajstić information content (AvgIpc) is 2.88. The number of methoxy groups -OCH3 is 1. The standard InChI is InChI=1S/C13H17NO4S/c1-10-5-7-11(8-6-10)19(16,17)14-9-3-4-12(14)13(15)18-2/h5-8,12H,3-4,9H2,1-2H3. The van der Waals surface area contributed by atoms with E-state index in [2.05, 4.69) is 4.74 Å². The molecule has 1 atom stereocenters. The van der Waals surface area contributed by atoms with Gasteiger partial charge in [0.25, 0.3) is 0 Å². The fraction of sp³-hybridized carbons (Fsp3) is 0.462. The van der Waals surface area contributed by atoms with Crippen molar-refractivity contribution in [1.29, 1.82) is 0 Å². The number of hydrogen-bond donors (Lipinski definition) is 0. The lowest BCUT2D eigenvalue weighted by atomic mass is 10.2. The number of nitrogens with zero attached hydrogens (tertiary/aromatic N) is 1. The first kappa shape index (κ1) is 14.0. The van der Waals surface area contributed by atoms with E-state index in [-0.39, 0.29) is 4.90 Å². The molecule has 6 heteroatoms. The Hall–Kier alpha value is -1.40. The van der Waals surface area contributed by atoms with E-state index in [0.717, 1.165) is 5.56 Å². The van der Waals surface area contributed by atoms with Gasteiger partial charge in [-0.05, 0) is 31.9 Å². The number of ether oxygens (including phenoxy) is 1. The maximum Gasteiger partial charge on any atom is 0.324 e. The summed E-state index contributed by atoms with van der Waals surface area (Å²) in [5.74, 6) is -0.492. The number of carbonyl (C=O) groups is 1. The summed E-state index contributed by atoms with van der Waals surface area (Å²) in [4.78, 5) is 11.8. The van der Waals surface area contributed by atoms with E-state index in [9.17, 15) is 13.2 Å². The maximum atomic E-state index is 12.5. The molecule has 0 aromatic heterocycles. The highest BCUT2D eigenvalue weighted by Crippen LogP contribution is 2.26. The van der Waals surface area contributed by atoms with Gasteiger partial charge >= 0.3 is 5.97 Å². The molecule has 104 valence electrons. The first-order chi connectivity index (χ1) is 8.96. The van der Waals surface area contributed by atoms with Gasteiger partial charge in [0.1, 0.15) is 6.04 Å². The second-order valence-electron chi connectivity index (χ2n) is 4.61. The molecule has 1 aliphatic heterocycles. The van der Waals surface area contributed by atoms with E-state index >= 15 is 0 Å². The Morgan fingerprint density at radius 3 is 2.53 bits per heavy atom. The van der Waals surface area contributed by atoms with Gasteiger partial charge in [-0.15, -0.1) is 0 Å². The van der Waals surface area contributed by atoms with Crippen LogP contribution in [0.1, 0.15) is 18.4 Å². The molecular weight excluding hydrogens is 266 g/mol. The average molecular weight is 283 g/mol. The van der Waals surface area contributed by atoms with Crippen molar-refractivity contribution in [3.63, 3.8) is 0 Å². The van der Waals surface area contributed by atoms with Crippen molar-refractivity contribution in [2.24, 2.45) is 0 Å². The van der Waals surface area contributed by atoms with Gasteiger partial charge in [0.05, 0.1) is 12.0 Å². The van der Waals surface area contributed by atoms with Crippen LogP contribution in [0.2, 0.25) is 0 Å². The quantitative estimate of drug-likeness (QED) is 0.785. The van der Waals surface area contributed by atoms with Crippen LogP contribution in [0.25, 0.3) is 0 Å². The summed E-state index contributed by atoms with van der Waals surface area (Å²) >= 11 is 0. The highest BCUT2D eigenvalue weighted by molar-refractivity contribution is 7.89. The molecule has 0 aliphatic carbocycles. The smallest absolute Gasteiger partial charge is 0.324 e. The van der Waals surface area contributed by atoms with E-state index in [1.165, 1.54) is 11.4 Å². The monoisotopic (exact) mass is 283 g/mol. The zero-order valence-electron chi connectivity index (χ0n) is 11.0. The van der Waals surface area contributed by atoms with Crippen LogP contribution in [0.4, 0.5) is 0 Å². The van der Waals surface area contributed by atoms with Gasteiger partial charge in [0.2, 0.25) is 10.0 Å². The Labute approximate surface area is 113 Å². The molecule has 0 radical (unpaired) electrons. The molecular formula is C13H17NO4S. The van der Waals surface area contributed by atoms with Crippen molar-refractivity contribution in [2.75, 3.05) is 13.7 Å². The van der Waals surface area contributed by atoms with Crippen molar-refractivity contribution in [3.05, 3.63) is 29.8 Å². The second kappa shape index (κ2) is 5.30. The summed E-state index contributed by atoms with van der Waals surface area (Å²) in [6.07, 6.45) is 1.18. The van der Waals surface area contributed by atoms with Gasteiger partial charge in [-0.3, -0.25) is 4.79 Å². The maximum absolute atomic E-state index is 12.5. The third kappa shape index (κ3) is 2.64. The number of rotatable bonds is 3. The molecule has 19 heavy (non-hydrogen) atoms. The van der Waals surface area contributed by atoms with Gasteiger partial charge in [0.15, 0.2) is 0 Å². The first-order valence-corrected chi connectivity index (χ1v) is 7.57. The molecule has 1 aromatic carbocycles. The van der Waals surface area contributed by atoms with Crippen LogP contribution >= 0.6 is 0 Å². The fourth-order valence-electron chi connectivity index (χ4n) is 2.25. The summed E-state index contributed by atoms with van der Waals surface area (Å²) < 4.78 is 30.9. The fourth-order valence-corrected chi connectivity index (χ4v) is 3.89. The number of hydrogen-bond acceptors (Lipinski definition) is 4. The minimum absolute atomic E-state index is 0.217. The normalized spacial score (nSPS) is 20.4. The number of aryl methyl sites for hydroxylation is 1. The molecule has 1 aromatic rings. The van der Waals surface area contributed by atoms with Gasteiger partial charge in [-0.25, -0.2) is 8.42 Å². The molecule has 1 saturated heterocycles. The molecule has 1 heterocycles. The third-order valence-electron chi connectivity index (χ3n) is 3.30. The lowest BCUT2D eigenvalue weighted by Crippen LogP contribution is -2.40. The van der Waals surface area contributed by atoms with Gasteiger partial charge < -0.3 is 4.74 Å². The summed E-state index contributed by atoms with van der Waals surface area (Å²) in [6, 6.07) is 5.93. The van der Waals surface area contributed by atoms with Crippen LogP contribution in [0.3, 0.4) is 0 Å². The van der Waals surface area contributed by atoms with Crippen molar-refractivity contribution >= 4 is 16.0 Å². The van der Waals surface area contributed by atoms with E-state index in [1.54, 1.807) is 24.3 Å². The lowest BCUT2D eigenvalue weighted by molar-refractivity contribution is -0.144. The zero-order valence-corrected chi connectivity index (χ0v) is 11.8. The minimum Gasteiger partial charge on any atom is -0.468 e. The minimum atomic E-state index is -3.63. The van der Waals surface area contributed by atoms with Crippen LogP contribution in [0, 0.1) is 6.92 Å². The summed E-state index contributed by atoms with van der Waals surface area (Å²) in [5.41, 5.74) is 0.991. The molecule has 0 spiro atoms. The summed E-state index contributed by atoms with van der Waals surface area (Å²) in [5, 5.41) is 0. The van der Waals surface area contributed by atoms with Gasteiger partial charge in [0, 0.05) is 6.54 Å². The van der Waals surface area contributed by atoms with E-state index in [4.69, 9.17) is 0 Å². The molecule has 1 unspecified atom stereocenters. The highest BCUT2D eigenvalue weighted by atomic mass is 32.2. The van der Waals surface area contributed by atoms with Crippen molar-refractivity contribution in [1.82, 2.24) is 4.31 Å². The van der Waals surface area contributed by atoms with Crippen LogP contribution < -0.4 is 0 Å². The van der Waals surface area contributed by atoms with E-state index in [0.29, 0.717) is 19.4 Å². The molecule has 0 amide bonds. The number of carbonyl (C=O) groups excluding carboxylic acids is 1. The Morgan fingerprint density at radius 2 is 1.95 bits per heavy atom. The second-order valence-corrected chi connectivity index (χ2v) is 6.50. The third-order valence-corrected chi connectivity index (χ3v) is 5.23. The zero-order chi connectivity index (χ0) is 14.0. The first-order valence-electron chi connectivity index (χ1n) is 6.13. The van der Waals surface area contributed by atoms with Crippen LogP contribution in [0.15, 0.2) is 29.2 Å². The van der Waals surface area contributed by atoms with Crippen molar-refractivity contribution in [2.45, 2.75) is 30.7 Å². The number of esters is 1. The molecule has 1 aliphatic rings. The van der Waals surface area contributed by atoms with Gasteiger partial charge in [-0.2, -0.15) is 4.31 Å². The van der Waals surface area contributed by atoms with Crippen molar-refractivity contribution < 1.29 is 17.9 Å². The Morgan fingerprint density at radius 1 is 1.32 bits per heavy atom. The van der Waals surface area contributed by atoms with Crippen LogP contribution in [-0.2, 0) is 19.6 Å². The number of sulfonamides is 1. The van der Waals surface area contributed by atoms with E-state index in [1.807, 2.05) is 6.92 Å². The van der Waals surface area contributed by atoms with Crippen LogP contribution in [-0.4, -0.2) is 38.4 Å². The lowest BCUT2D eigenvalue weighted by Gasteiger charge is -2.22. The Balaban J connectivity index is 2.33.